The van der Waals surface area contributed by atoms with Gasteiger partial charge in [-0.25, -0.2) is 0 Å². The maximum Gasteiger partial charge on any atom is 0.0775 e. The summed E-state index contributed by atoms with van der Waals surface area (Å²) in [5.41, 5.74) is 2.25. The Morgan fingerprint density at radius 3 is 2.68 bits per heavy atom. The van der Waals surface area contributed by atoms with E-state index in [9.17, 15) is 5.21 Å². The Morgan fingerprint density at radius 1 is 1.14 bits per heavy atom. The summed E-state index contributed by atoms with van der Waals surface area (Å²) in [5, 5.41) is 13.8. The van der Waals surface area contributed by atoms with Crippen molar-refractivity contribution in [2.24, 2.45) is 17.0 Å². The molecule has 0 spiro atoms. The van der Waals surface area contributed by atoms with Crippen LogP contribution in [0.15, 0.2) is 29.4 Å². The fourth-order valence-corrected chi connectivity index (χ4v) is 4.80. The van der Waals surface area contributed by atoms with Crippen LogP contribution in [0.3, 0.4) is 0 Å². The lowest BCUT2D eigenvalue weighted by Crippen LogP contribution is -2.54. The minimum Gasteiger partial charge on any atom is -0.411 e. The molecule has 118 valence electrons. The Morgan fingerprint density at radius 2 is 1.95 bits per heavy atom. The standard InChI is InChI=1S/C17H22ClN3O/c18-14-2-1-3-15(11-14)20-6-8-21(9-7-20)17-13-5-4-12(10-13)16(17)19-22/h1-3,11-13,17,22H,4-10H2/b19-16-/t12-,13+,17+/m0/s1. The molecular formula is C17H22ClN3O. The van der Waals surface area contributed by atoms with E-state index >= 15 is 0 Å². The van der Waals surface area contributed by atoms with E-state index in [1.807, 2.05) is 18.2 Å². The fourth-order valence-electron chi connectivity index (χ4n) is 4.61. The lowest BCUT2D eigenvalue weighted by atomic mass is 9.91. The molecule has 4 rings (SSSR count). The highest BCUT2D eigenvalue weighted by Gasteiger charge is 2.48. The zero-order valence-corrected chi connectivity index (χ0v) is 13.4. The first kappa shape index (κ1) is 14.3. The van der Waals surface area contributed by atoms with Crippen molar-refractivity contribution in [1.82, 2.24) is 4.90 Å². The topological polar surface area (TPSA) is 39.1 Å². The van der Waals surface area contributed by atoms with Crippen LogP contribution < -0.4 is 4.90 Å². The molecule has 4 nitrogen and oxygen atoms in total. The van der Waals surface area contributed by atoms with E-state index in [2.05, 4.69) is 21.0 Å². The molecule has 2 saturated carbocycles. The summed E-state index contributed by atoms with van der Waals surface area (Å²) in [7, 11) is 0. The van der Waals surface area contributed by atoms with Crippen LogP contribution in [0.25, 0.3) is 0 Å². The van der Waals surface area contributed by atoms with Gasteiger partial charge in [0.1, 0.15) is 0 Å². The summed E-state index contributed by atoms with van der Waals surface area (Å²) in [4.78, 5) is 4.92. The number of hydrogen-bond donors (Lipinski definition) is 1. The highest BCUT2D eigenvalue weighted by molar-refractivity contribution is 6.30. The molecule has 22 heavy (non-hydrogen) atoms. The van der Waals surface area contributed by atoms with Crippen molar-refractivity contribution in [3.05, 3.63) is 29.3 Å². The number of fused-ring (bicyclic) bond motifs is 2. The van der Waals surface area contributed by atoms with E-state index in [4.69, 9.17) is 11.6 Å². The Bertz CT molecular complexity index is 583. The van der Waals surface area contributed by atoms with E-state index in [0.29, 0.717) is 17.9 Å². The summed E-state index contributed by atoms with van der Waals surface area (Å²) in [5.74, 6) is 1.24. The van der Waals surface area contributed by atoms with Crippen LogP contribution in [0.5, 0.6) is 0 Å². The first-order valence-electron chi connectivity index (χ1n) is 8.22. The van der Waals surface area contributed by atoms with E-state index in [1.54, 1.807) is 0 Å². The first-order chi connectivity index (χ1) is 10.8. The fraction of sp³-hybridized carbons (Fsp3) is 0.588. The van der Waals surface area contributed by atoms with Gasteiger partial charge in [0.25, 0.3) is 0 Å². The van der Waals surface area contributed by atoms with E-state index in [1.165, 1.54) is 24.9 Å². The molecule has 2 aliphatic carbocycles. The van der Waals surface area contributed by atoms with Gasteiger partial charge in [-0.3, -0.25) is 4.90 Å². The van der Waals surface area contributed by atoms with Crippen LogP contribution in [-0.2, 0) is 0 Å². The molecule has 3 fully saturated rings. The lowest BCUT2D eigenvalue weighted by Gasteiger charge is -2.41. The van der Waals surface area contributed by atoms with Crippen LogP contribution in [0.2, 0.25) is 5.02 Å². The quantitative estimate of drug-likeness (QED) is 0.672. The van der Waals surface area contributed by atoms with Gasteiger partial charge in [0.15, 0.2) is 0 Å². The molecule has 2 bridgehead atoms. The molecule has 1 aliphatic heterocycles. The average molecular weight is 320 g/mol. The minimum atomic E-state index is 0.380. The normalized spacial score (nSPS) is 33.8. The van der Waals surface area contributed by atoms with Crippen LogP contribution in [0.1, 0.15) is 19.3 Å². The van der Waals surface area contributed by atoms with E-state index in [-0.39, 0.29) is 0 Å². The second kappa shape index (κ2) is 5.74. The third-order valence-corrected chi connectivity index (χ3v) is 5.87. The number of nitrogens with zero attached hydrogens (tertiary/aromatic N) is 3. The second-order valence-electron chi connectivity index (χ2n) is 6.74. The summed E-state index contributed by atoms with van der Waals surface area (Å²) in [6.07, 6.45) is 3.73. The largest absolute Gasteiger partial charge is 0.411 e. The highest BCUT2D eigenvalue weighted by atomic mass is 35.5. The molecule has 1 saturated heterocycles. The second-order valence-corrected chi connectivity index (χ2v) is 7.18. The zero-order chi connectivity index (χ0) is 15.1. The lowest BCUT2D eigenvalue weighted by molar-refractivity contribution is 0.181. The summed E-state index contributed by atoms with van der Waals surface area (Å²) >= 11 is 6.10. The number of anilines is 1. The molecule has 5 heteroatoms. The summed E-state index contributed by atoms with van der Waals surface area (Å²) in [6.45, 7) is 4.07. The average Bonchev–Trinajstić information content (AvgIpc) is 3.15. The van der Waals surface area contributed by atoms with Crippen molar-refractivity contribution in [1.29, 1.82) is 0 Å². The van der Waals surface area contributed by atoms with Crippen molar-refractivity contribution < 1.29 is 5.21 Å². The minimum absolute atomic E-state index is 0.380. The van der Waals surface area contributed by atoms with Gasteiger partial charge in [-0.2, -0.15) is 0 Å². The highest BCUT2D eigenvalue weighted by Crippen LogP contribution is 2.45. The number of hydrogen-bond acceptors (Lipinski definition) is 4. The molecule has 1 aromatic rings. The van der Waals surface area contributed by atoms with Gasteiger partial charge < -0.3 is 10.1 Å². The predicted octanol–water partition coefficient (Wildman–Crippen LogP) is 3.09. The Balaban J connectivity index is 1.44. The molecule has 1 heterocycles. The number of rotatable bonds is 2. The van der Waals surface area contributed by atoms with Crippen LogP contribution in [0, 0.1) is 11.8 Å². The molecule has 0 aromatic heterocycles. The monoisotopic (exact) mass is 319 g/mol. The van der Waals surface area contributed by atoms with E-state index in [0.717, 1.165) is 36.9 Å². The molecule has 3 atom stereocenters. The van der Waals surface area contributed by atoms with Crippen molar-refractivity contribution in [3.63, 3.8) is 0 Å². The van der Waals surface area contributed by atoms with Crippen LogP contribution in [-0.4, -0.2) is 48.0 Å². The summed E-state index contributed by atoms with van der Waals surface area (Å²) in [6, 6.07) is 8.47. The zero-order valence-electron chi connectivity index (χ0n) is 12.7. The molecule has 0 unspecified atom stereocenters. The van der Waals surface area contributed by atoms with Gasteiger partial charge >= 0.3 is 0 Å². The third kappa shape index (κ3) is 2.38. The SMILES string of the molecule is O/N=C1/[C@H]2CC[C@H](C2)[C@H]1N1CCN(c2cccc(Cl)c2)CC1. The van der Waals surface area contributed by atoms with Crippen molar-refractivity contribution in [3.8, 4) is 0 Å². The van der Waals surface area contributed by atoms with Gasteiger partial charge in [-0.1, -0.05) is 22.8 Å². The van der Waals surface area contributed by atoms with Crippen LogP contribution >= 0.6 is 11.6 Å². The van der Waals surface area contributed by atoms with Crippen molar-refractivity contribution in [2.45, 2.75) is 25.3 Å². The molecular weight excluding hydrogens is 298 g/mol. The maximum absolute atomic E-state index is 9.39. The number of piperazine rings is 1. The Labute approximate surface area is 136 Å². The van der Waals surface area contributed by atoms with Crippen molar-refractivity contribution in [2.75, 3.05) is 31.1 Å². The third-order valence-electron chi connectivity index (χ3n) is 5.64. The Hall–Kier alpha value is -1.26. The summed E-state index contributed by atoms with van der Waals surface area (Å²) < 4.78 is 0. The molecule has 1 aromatic carbocycles. The molecule has 3 aliphatic rings. The van der Waals surface area contributed by atoms with E-state index < -0.39 is 0 Å². The molecule has 0 radical (unpaired) electrons. The molecule has 0 amide bonds. The van der Waals surface area contributed by atoms with Crippen LogP contribution in [0.4, 0.5) is 5.69 Å². The first-order valence-corrected chi connectivity index (χ1v) is 8.60. The number of oxime groups is 1. The van der Waals surface area contributed by atoms with Gasteiger partial charge in [0, 0.05) is 42.8 Å². The molecule has 1 N–H and O–H groups in total. The maximum atomic E-state index is 9.39. The smallest absolute Gasteiger partial charge is 0.0775 e. The number of benzene rings is 1. The van der Waals surface area contributed by atoms with Crippen molar-refractivity contribution >= 4 is 23.0 Å². The van der Waals surface area contributed by atoms with Gasteiger partial charge in [0.05, 0.1) is 11.8 Å². The van der Waals surface area contributed by atoms with Gasteiger partial charge in [-0.15, -0.1) is 0 Å². The Kier molecular flexibility index (Phi) is 3.74. The van der Waals surface area contributed by atoms with Gasteiger partial charge in [-0.05, 0) is 43.4 Å². The number of halogens is 1. The predicted molar refractivity (Wildman–Crippen MR) is 89.1 cm³/mol. The van der Waals surface area contributed by atoms with Gasteiger partial charge in [0.2, 0.25) is 0 Å².